The summed E-state index contributed by atoms with van der Waals surface area (Å²) < 4.78 is 7.08. The SMILES string of the molecule is COc1ccc(-c2cc(-c3ccccc3)n3nccc3n2)cc1. The maximum absolute atomic E-state index is 5.22. The summed E-state index contributed by atoms with van der Waals surface area (Å²) in [6.07, 6.45) is 1.77. The summed E-state index contributed by atoms with van der Waals surface area (Å²) in [6, 6.07) is 22.1. The first-order chi connectivity index (χ1) is 11.3. The fraction of sp³-hybridized carbons (Fsp3) is 0.0526. The summed E-state index contributed by atoms with van der Waals surface area (Å²) in [5.74, 6) is 0.836. The Balaban J connectivity index is 1.91. The van der Waals surface area contributed by atoms with Gasteiger partial charge in [0, 0.05) is 17.2 Å². The van der Waals surface area contributed by atoms with E-state index in [-0.39, 0.29) is 0 Å². The van der Waals surface area contributed by atoms with E-state index in [1.54, 1.807) is 13.3 Å². The molecule has 2 heterocycles. The average molecular weight is 301 g/mol. The van der Waals surface area contributed by atoms with Gasteiger partial charge in [0.25, 0.3) is 0 Å². The van der Waals surface area contributed by atoms with Gasteiger partial charge in [0.2, 0.25) is 0 Å². The molecule has 0 spiro atoms. The summed E-state index contributed by atoms with van der Waals surface area (Å²) in [6.45, 7) is 0. The lowest BCUT2D eigenvalue weighted by atomic mass is 10.1. The molecule has 0 saturated carbocycles. The molecule has 2 aromatic carbocycles. The monoisotopic (exact) mass is 301 g/mol. The molecule has 0 amide bonds. The molecule has 4 heteroatoms. The third-order valence-corrected chi connectivity index (χ3v) is 3.81. The molecule has 112 valence electrons. The highest BCUT2D eigenvalue weighted by molar-refractivity contribution is 5.71. The smallest absolute Gasteiger partial charge is 0.156 e. The van der Waals surface area contributed by atoms with Crippen LogP contribution < -0.4 is 4.74 Å². The van der Waals surface area contributed by atoms with Gasteiger partial charge in [-0.3, -0.25) is 0 Å². The quantitative estimate of drug-likeness (QED) is 0.572. The van der Waals surface area contributed by atoms with E-state index in [0.29, 0.717) is 0 Å². The predicted molar refractivity (Wildman–Crippen MR) is 90.4 cm³/mol. The zero-order valence-electron chi connectivity index (χ0n) is 12.7. The van der Waals surface area contributed by atoms with Crippen LogP contribution in [0.5, 0.6) is 5.75 Å². The van der Waals surface area contributed by atoms with Crippen molar-refractivity contribution in [2.24, 2.45) is 0 Å². The molecule has 0 N–H and O–H groups in total. The Hall–Kier alpha value is -3.14. The minimum atomic E-state index is 0.831. The predicted octanol–water partition coefficient (Wildman–Crippen LogP) is 4.07. The second-order valence-electron chi connectivity index (χ2n) is 5.22. The lowest BCUT2D eigenvalue weighted by Crippen LogP contribution is -1.98. The zero-order chi connectivity index (χ0) is 15.6. The van der Waals surface area contributed by atoms with E-state index in [1.807, 2.05) is 53.0 Å². The number of methoxy groups -OCH3 is 1. The lowest BCUT2D eigenvalue weighted by Gasteiger charge is -2.09. The fourth-order valence-corrected chi connectivity index (χ4v) is 2.64. The van der Waals surface area contributed by atoms with Crippen LogP contribution in [-0.2, 0) is 0 Å². The van der Waals surface area contributed by atoms with E-state index in [4.69, 9.17) is 9.72 Å². The van der Waals surface area contributed by atoms with Crippen molar-refractivity contribution in [3.8, 4) is 28.3 Å². The largest absolute Gasteiger partial charge is 0.497 e. The average Bonchev–Trinajstić information content (AvgIpc) is 3.10. The van der Waals surface area contributed by atoms with Crippen LogP contribution >= 0.6 is 0 Å². The normalized spacial score (nSPS) is 10.8. The molecule has 4 aromatic rings. The van der Waals surface area contributed by atoms with Gasteiger partial charge in [0.1, 0.15) is 5.75 Å². The minimum Gasteiger partial charge on any atom is -0.497 e. The van der Waals surface area contributed by atoms with Crippen LogP contribution in [-0.4, -0.2) is 21.7 Å². The van der Waals surface area contributed by atoms with Gasteiger partial charge in [-0.25, -0.2) is 9.50 Å². The van der Waals surface area contributed by atoms with Gasteiger partial charge in [0.15, 0.2) is 5.65 Å². The van der Waals surface area contributed by atoms with Gasteiger partial charge >= 0.3 is 0 Å². The zero-order valence-corrected chi connectivity index (χ0v) is 12.7. The van der Waals surface area contributed by atoms with Crippen molar-refractivity contribution < 1.29 is 4.74 Å². The highest BCUT2D eigenvalue weighted by Crippen LogP contribution is 2.27. The van der Waals surface area contributed by atoms with E-state index >= 15 is 0 Å². The van der Waals surface area contributed by atoms with E-state index in [0.717, 1.165) is 33.9 Å². The van der Waals surface area contributed by atoms with Gasteiger partial charge in [0.05, 0.1) is 24.7 Å². The van der Waals surface area contributed by atoms with Crippen molar-refractivity contribution in [2.45, 2.75) is 0 Å². The number of hydrogen-bond donors (Lipinski definition) is 0. The van der Waals surface area contributed by atoms with Crippen molar-refractivity contribution in [3.05, 3.63) is 72.9 Å². The van der Waals surface area contributed by atoms with Crippen LogP contribution in [0.3, 0.4) is 0 Å². The number of nitrogens with zero attached hydrogens (tertiary/aromatic N) is 3. The molecule has 4 rings (SSSR count). The molecule has 0 aliphatic carbocycles. The highest BCUT2D eigenvalue weighted by atomic mass is 16.5. The first-order valence-corrected chi connectivity index (χ1v) is 7.40. The minimum absolute atomic E-state index is 0.831. The first kappa shape index (κ1) is 13.5. The molecule has 0 unspecified atom stereocenters. The second-order valence-corrected chi connectivity index (χ2v) is 5.22. The summed E-state index contributed by atoms with van der Waals surface area (Å²) in [4.78, 5) is 4.71. The van der Waals surface area contributed by atoms with E-state index in [1.165, 1.54) is 0 Å². The van der Waals surface area contributed by atoms with Crippen LogP contribution in [0.1, 0.15) is 0 Å². The van der Waals surface area contributed by atoms with Crippen molar-refractivity contribution in [1.82, 2.24) is 14.6 Å². The Morgan fingerprint density at radius 1 is 0.870 bits per heavy atom. The van der Waals surface area contributed by atoms with Crippen LogP contribution in [0.4, 0.5) is 0 Å². The van der Waals surface area contributed by atoms with Gasteiger partial charge < -0.3 is 4.74 Å². The van der Waals surface area contributed by atoms with E-state index < -0.39 is 0 Å². The first-order valence-electron chi connectivity index (χ1n) is 7.40. The number of aromatic nitrogens is 3. The Kier molecular flexibility index (Phi) is 3.27. The van der Waals surface area contributed by atoms with Gasteiger partial charge in [-0.15, -0.1) is 0 Å². The lowest BCUT2D eigenvalue weighted by molar-refractivity contribution is 0.415. The molecule has 0 saturated heterocycles. The maximum Gasteiger partial charge on any atom is 0.156 e. The molecule has 0 fully saturated rings. The van der Waals surface area contributed by atoms with Crippen LogP contribution in [0, 0.1) is 0 Å². The summed E-state index contributed by atoms with van der Waals surface area (Å²) in [5.41, 5.74) is 4.92. The molecular formula is C19H15N3O. The third-order valence-electron chi connectivity index (χ3n) is 3.81. The summed E-state index contributed by atoms with van der Waals surface area (Å²) in [5, 5.41) is 4.39. The van der Waals surface area contributed by atoms with E-state index in [2.05, 4.69) is 23.3 Å². The highest BCUT2D eigenvalue weighted by Gasteiger charge is 2.10. The van der Waals surface area contributed by atoms with Crippen molar-refractivity contribution in [3.63, 3.8) is 0 Å². The molecule has 0 aliphatic heterocycles. The number of ether oxygens (including phenoxy) is 1. The maximum atomic E-state index is 5.22. The summed E-state index contributed by atoms with van der Waals surface area (Å²) in [7, 11) is 1.67. The number of benzene rings is 2. The van der Waals surface area contributed by atoms with Gasteiger partial charge in [-0.1, -0.05) is 30.3 Å². The molecular weight excluding hydrogens is 286 g/mol. The molecule has 0 aliphatic rings. The second kappa shape index (κ2) is 5.57. The van der Waals surface area contributed by atoms with Crippen molar-refractivity contribution in [2.75, 3.05) is 7.11 Å². The third kappa shape index (κ3) is 2.44. The molecule has 0 radical (unpaired) electrons. The molecule has 4 nitrogen and oxygen atoms in total. The van der Waals surface area contributed by atoms with Gasteiger partial charge in [-0.05, 0) is 30.3 Å². The Morgan fingerprint density at radius 3 is 2.39 bits per heavy atom. The topological polar surface area (TPSA) is 39.4 Å². The van der Waals surface area contributed by atoms with E-state index in [9.17, 15) is 0 Å². The Morgan fingerprint density at radius 2 is 1.65 bits per heavy atom. The Labute approximate surface area is 134 Å². The molecule has 23 heavy (non-hydrogen) atoms. The van der Waals surface area contributed by atoms with Crippen LogP contribution in [0.2, 0.25) is 0 Å². The van der Waals surface area contributed by atoms with Gasteiger partial charge in [-0.2, -0.15) is 5.10 Å². The van der Waals surface area contributed by atoms with Crippen molar-refractivity contribution in [1.29, 1.82) is 0 Å². The fourth-order valence-electron chi connectivity index (χ4n) is 2.64. The number of rotatable bonds is 3. The molecule has 0 atom stereocenters. The number of hydrogen-bond acceptors (Lipinski definition) is 3. The standard InChI is InChI=1S/C19H15N3O/c1-23-16-9-7-14(8-10-16)17-13-18(15-5-3-2-4-6-15)22-19(21-17)11-12-20-22/h2-13H,1H3. The Bertz CT molecular complexity index is 943. The van der Waals surface area contributed by atoms with Crippen LogP contribution in [0.25, 0.3) is 28.2 Å². The molecule has 0 bridgehead atoms. The summed E-state index contributed by atoms with van der Waals surface area (Å²) >= 11 is 0. The van der Waals surface area contributed by atoms with Crippen LogP contribution in [0.15, 0.2) is 72.9 Å². The number of fused-ring (bicyclic) bond motifs is 1. The van der Waals surface area contributed by atoms with Crippen molar-refractivity contribution >= 4 is 5.65 Å². The molecule has 2 aromatic heterocycles.